The predicted octanol–water partition coefficient (Wildman–Crippen LogP) is 1.99. The van der Waals surface area contributed by atoms with Crippen LogP contribution in [0.15, 0.2) is 23.0 Å². The first kappa shape index (κ1) is 29.5. The van der Waals surface area contributed by atoms with E-state index in [0.29, 0.717) is 49.7 Å². The first-order valence-corrected chi connectivity index (χ1v) is 16.4. The van der Waals surface area contributed by atoms with Crippen molar-refractivity contribution in [2.45, 2.75) is 82.1 Å². The van der Waals surface area contributed by atoms with Crippen LogP contribution in [0.5, 0.6) is 0 Å². The lowest BCUT2D eigenvalue weighted by Gasteiger charge is -2.40. The molecule has 2 unspecified atom stereocenters. The number of aryl methyl sites for hydroxylation is 1. The highest BCUT2D eigenvalue weighted by Gasteiger charge is 2.38. The van der Waals surface area contributed by atoms with Gasteiger partial charge in [0, 0.05) is 58.3 Å². The van der Waals surface area contributed by atoms with Crippen LogP contribution in [-0.4, -0.2) is 106 Å². The molecule has 0 radical (unpaired) electrons. The molecule has 3 amide bonds. The fourth-order valence-corrected chi connectivity index (χ4v) is 8.07. The second kappa shape index (κ2) is 12.3. The molecular formula is C32H44N6O6. The number of nitrogens with one attached hydrogen (secondary N) is 1. The molecule has 5 fully saturated rings. The van der Waals surface area contributed by atoms with E-state index in [1.165, 1.54) is 23.8 Å². The van der Waals surface area contributed by atoms with E-state index in [4.69, 9.17) is 9.47 Å². The summed E-state index contributed by atoms with van der Waals surface area (Å²) in [5, 5.41) is 2.37. The van der Waals surface area contributed by atoms with Crippen molar-refractivity contribution in [3.63, 3.8) is 0 Å². The summed E-state index contributed by atoms with van der Waals surface area (Å²) in [5.74, 6) is -0.271. The Kier molecular flexibility index (Phi) is 8.23. The molecule has 5 aliphatic heterocycles. The number of carbonyl (C=O) groups excluding carboxylic acids is 3. The maximum absolute atomic E-state index is 13.2. The number of nitrogens with zero attached hydrogens (tertiary/aromatic N) is 5. The van der Waals surface area contributed by atoms with Crippen molar-refractivity contribution in [3.05, 3.63) is 34.2 Å². The fourth-order valence-electron chi connectivity index (χ4n) is 8.07. The van der Waals surface area contributed by atoms with E-state index < -0.39 is 11.9 Å². The summed E-state index contributed by atoms with van der Waals surface area (Å²) >= 11 is 0. The molecule has 0 spiro atoms. The van der Waals surface area contributed by atoms with Crippen LogP contribution in [0, 0.1) is 5.92 Å². The van der Waals surface area contributed by atoms with Crippen molar-refractivity contribution in [2.75, 3.05) is 45.9 Å². The van der Waals surface area contributed by atoms with Crippen LogP contribution >= 0.6 is 0 Å². The minimum atomic E-state index is -0.687. The number of likely N-dealkylation sites (tertiary alicyclic amines) is 2. The number of imide groups is 1. The van der Waals surface area contributed by atoms with E-state index in [9.17, 15) is 19.2 Å². The molecule has 5 aliphatic rings. The number of ether oxygens (including phenoxy) is 2. The second-order valence-electron chi connectivity index (χ2n) is 13.4. The molecule has 1 aromatic carbocycles. The molecule has 3 atom stereocenters. The molecule has 5 saturated heterocycles. The van der Waals surface area contributed by atoms with Crippen molar-refractivity contribution in [1.29, 1.82) is 0 Å². The molecule has 1 aromatic heterocycles. The van der Waals surface area contributed by atoms with E-state index in [0.717, 1.165) is 63.1 Å². The quantitative estimate of drug-likeness (QED) is 0.453. The molecule has 12 heteroatoms. The lowest BCUT2D eigenvalue weighted by Crippen LogP contribution is -2.52. The van der Waals surface area contributed by atoms with E-state index in [1.807, 2.05) is 23.1 Å². The van der Waals surface area contributed by atoms with Gasteiger partial charge in [0.2, 0.25) is 11.8 Å². The first-order valence-electron chi connectivity index (χ1n) is 16.4. The van der Waals surface area contributed by atoms with Crippen LogP contribution in [0.2, 0.25) is 0 Å². The van der Waals surface area contributed by atoms with Crippen LogP contribution in [0.4, 0.5) is 4.79 Å². The Morgan fingerprint density at radius 1 is 0.977 bits per heavy atom. The number of hydrogen-bond acceptors (Lipinski definition) is 8. The monoisotopic (exact) mass is 608 g/mol. The van der Waals surface area contributed by atoms with E-state index in [2.05, 4.69) is 15.1 Å². The van der Waals surface area contributed by atoms with Crippen molar-refractivity contribution in [3.8, 4) is 0 Å². The number of amides is 3. The molecule has 12 nitrogen and oxygen atoms in total. The summed E-state index contributed by atoms with van der Waals surface area (Å²) in [6.07, 6.45) is 7.37. The number of imidazole rings is 1. The van der Waals surface area contributed by atoms with Gasteiger partial charge in [0.05, 0.1) is 23.7 Å². The maximum atomic E-state index is 13.2. The van der Waals surface area contributed by atoms with Gasteiger partial charge in [-0.2, -0.15) is 0 Å². The summed E-state index contributed by atoms with van der Waals surface area (Å²) in [4.78, 5) is 56.8. The van der Waals surface area contributed by atoms with Gasteiger partial charge in [0.1, 0.15) is 12.6 Å². The van der Waals surface area contributed by atoms with Gasteiger partial charge in [-0.25, -0.2) is 9.59 Å². The summed E-state index contributed by atoms with van der Waals surface area (Å²) in [7, 11) is 1.74. The third-order valence-electron chi connectivity index (χ3n) is 10.6. The van der Waals surface area contributed by atoms with Crippen molar-refractivity contribution < 1.29 is 23.9 Å². The average Bonchev–Trinajstić information content (AvgIpc) is 3.69. The van der Waals surface area contributed by atoms with E-state index in [1.54, 1.807) is 11.6 Å². The summed E-state index contributed by atoms with van der Waals surface area (Å²) in [5.41, 5.74) is 2.31. The largest absolute Gasteiger partial charge is 0.448 e. The number of aromatic nitrogens is 2. The fraction of sp³-hybridized carbons (Fsp3) is 0.688. The topological polar surface area (TPSA) is 118 Å². The third-order valence-corrected chi connectivity index (χ3v) is 10.6. The zero-order chi connectivity index (χ0) is 30.4. The summed E-state index contributed by atoms with van der Waals surface area (Å²) in [6, 6.07) is 6.25. The highest BCUT2D eigenvalue weighted by Crippen LogP contribution is 2.33. The van der Waals surface area contributed by atoms with Crippen LogP contribution in [-0.2, 0) is 32.7 Å². The van der Waals surface area contributed by atoms with Crippen molar-refractivity contribution in [1.82, 2.24) is 29.2 Å². The van der Waals surface area contributed by atoms with Crippen molar-refractivity contribution >= 4 is 28.9 Å². The number of para-hydroxylation sites is 1. The SMILES string of the molecule is Cn1c(=O)n(C2CCC(=O)NC2=O)c2cccc(CN3CC(OCC4CCN(C(=O)OC[C@@H]5CCC6CCCN65)CC4)C3)c21. The van der Waals surface area contributed by atoms with Crippen LogP contribution in [0.1, 0.15) is 63.0 Å². The molecule has 44 heavy (non-hydrogen) atoms. The maximum Gasteiger partial charge on any atom is 0.409 e. The van der Waals surface area contributed by atoms with Gasteiger partial charge < -0.3 is 14.4 Å². The van der Waals surface area contributed by atoms with Gasteiger partial charge in [0.15, 0.2) is 0 Å². The van der Waals surface area contributed by atoms with Gasteiger partial charge in [0.25, 0.3) is 0 Å². The number of benzene rings is 1. The van der Waals surface area contributed by atoms with Crippen LogP contribution < -0.4 is 11.0 Å². The number of rotatable bonds is 8. The Bertz CT molecular complexity index is 1470. The summed E-state index contributed by atoms with van der Waals surface area (Å²) < 4.78 is 15.1. The second-order valence-corrected chi connectivity index (χ2v) is 13.4. The Labute approximate surface area is 257 Å². The van der Waals surface area contributed by atoms with Gasteiger partial charge in [-0.05, 0) is 69.0 Å². The van der Waals surface area contributed by atoms with Crippen LogP contribution in [0.3, 0.4) is 0 Å². The van der Waals surface area contributed by atoms with Crippen LogP contribution in [0.25, 0.3) is 11.0 Å². The van der Waals surface area contributed by atoms with Gasteiger partial charge in [-0.3, -0.25) is 33.8 Å². The number of carbonyl (C=O) groups is 3. The predicted molar refractivity (Wildman–Crippen MR) is 162 cm³/mol. The zero-order valence-electron chi connectivity index (χ0n) is 25.6. The Morgan fingerprint density at radius 2 is 1.80 bits per heavy atom. The molecule has 0 saturated carbocycles. The molecule has 1 N–H and O–H groups in total. The Balaban J connectivity index is 0.856. The number of piperidine rings is 2. The van der Waals surface area contributed by atoms with Gasteiger partial charge in [-0.1, -0.05) is 12.1 Å². The minimum absolute atomic E-state index is 0.165. The minimum Gasteiger partial charge on any atom is -0.448 e. The molecular weight excluding hydrogens is 564 g/mol. The zero-order valence-corrected chi connectivity index (χ0v) is 25.6. The smallest absolute Gasteiger partial charge is 0.409 e. The van der Waals surface area contributed by atoms with Gasteiger partial charge >= 0.3 is 11.8 Å². The lowest BCUT2D eigenvalue weighted by molar-refractivity contribution is -0.135. The van der Waals surface area contributed by atoms with E-state index in [-0.39, 0.29) is 30.2 Å². The molecule has 0 aliphatic carbocycles. The highest BCUT2D eigenvalue weighted by molar-refractivity contribution is 6.00. The Morgan fingerprint density at radius 3 is 2.59 bits per heavy atom. The number of hydrogen-bond donors (Lipinski definition) is 1. The standard InChI is InChI=1S/C32H44N6O6/c1-34-29-22(4-2-6-26(29)38(31(34)41)27-9-10-28(39)33-30(27)40)16-35-17-25(18-35)43-19-21-11-14-36(15-12-21)32(42)44-20-24-8-7-23-5-3-13-37(23)24/h2,4,6,21,23-25,27H,3,5,7-20H2,1H3,(H,33,39,40)/t23?,24-,27?/m0/s1. The first-order chi connectivity index (χ1) is 21.4. The highest BCUT2D eigenvalue weighted by atomic mass is 16.6. The number of fused-ring (bicyclic) bond motifs is 2. The normalized spacial score (nSPS) is 27.1. The molecule has 6 heterocycles. The molecule has 0 bridgehead atoms. The lowest BCUT2D eigenvalue weighted by atomic mass is 9.98. The Hall–Kier alpha value is -3.22. The average molecular weight is 609 g/mol. The third kappa shape index (κ3) is 5.67. The molecule has 2 aromatic rings. The molecule has 7 rings (SSSR count). The summed E-state index contributed by atoms with van der Waals surface area (Å²) in [6.45, 7) is 6.15. The molecule has 238 valence electrons. The van der Waals surface area contributed by atoms with E-state index >= 15 is 0 Å². The van der Waals surface area contributed by atoms with Crippen molar-refractivity contribution in [2.24, 2.45) is 13.0 Å². The van der Waals surface area contributed by atoms with Gasteiger partial charge in [-0.15, -0.1) is 0 Å².